The van der Waals surface area contributed by atoms with Crippen LogP contribution in [-0.4, -0.2) is 16.5 Å². The summed E-state index contributed by atoms with van der Waals surface area (Å²) in [4.78, 5) is 8.37. The molecule has 0 spiro atoms. The van der Waals surface area contributed by atoms with E-state index in [1.54, 1.807) is 12.1 Å². The van der Waals surface area contributed by atoms with Gasteiger partial charge < -0.3 is 10.1 Å². The molecule has 21 heavy (non-hydrogen) atoms. The number of anilines is 1. The lowest BCUT2D eigenvalue weighted by Gasteiger charge is -2.14. The summed E-state index contributed by atoms with van der Waals surface area (Å²) < 4.78 is 20.2. The minimum absolute atomic E-state index is 0.150. The summed E-state index contributed by atoms with van der Waals surface area (Å²) in [7, 11) is 0. The molecule has 0 saturated heterocycles. The van der Waals surface area contributed by atoms with Gasteiger partial charge in [-0.2, -0.15) is 0 Å². The Morgan fingerprint density at radius 3 is 2.76 bits per heavy atom. The molecule has 1 N–H and O–H groups in total. The number of benzene rings is 1. The summed E-state index contributed by atoms with van der Waals surface area (Å²) in [5, 5.41) is 3.18. The third-order valence-corrected chi connectivity index (χ3v) is 3.34. The zero-order valence-electron chi connectivity index (χ0n) is 12.0. The molecule has 2 rings (SSSR count). The van der Waals surface area contributed by atoms with Crippen molar-refractivity contribution in [2.75, 3.05) is 11.9 Å². The average Bonchev–Trinajstić information content (AvgIpc) is 2.45. The molecule has 1 aromatic heterocycles. The van der Waals surface area contributed by atoms with Gasteiger partial charge in [-0.1, -0.05) is 29.3 Å². The number of halogens is 2. The summed E-state index contributed by atoms with van der Waals surface area (Å²) in [6.07, 6.45) is 3.10. The molecule has 0 aliphatic rings. The predicted molar refractivity (Wildman–Crippen MR) is 84.4 cm³/mol. The molecular weight excluding hydrogens is 337 g/mol. The maximum atomic E-state index is 13.9. The summed E-state index contributed by atoms with van der Waals surface area (Å²) in [5.41, 5.74) is 0.865. The Balaban J connectivity index is 2.36. The van der Waals surface area contributed by atoms with Crippen molar-refractivity contribution in [3.63, 3.8) is 0 Å². The van der Waals surface area contributed by atoms with E-state index < -0.39 is 5.82 Å². The van der Waals surface area contributed by atoms with E-state index in [0.29, 0.717) is 10.4 Å². The molecule has 1 heterocycles. The van der Waals surface area contributed by atoms with Crippen LogP contribution in [0.15, 0.2) is 29.0 Å². The summed E-state index contributed by atoms with van der Waals surface area (Å²) >= 11 is 3.22. The highest BCUT2D eigenvalue weighted by molar-refractivity contribution is 9.10. The van der Waals surface area contributed by atoms with Crippen LogP contribution in [0.2, 0.25) is 0 Å². The fourth-order valence-corrected chi connectivity index (χ4v) is 2.27. The second-order valence-corrected chi connectivity index (χ2v) is 5.38. The number of rotatable bonds is 6. The quantitative estimate of drug-likeness (QED) is 0.827. The zero-order chi connectivity index (χ0) is 15.2. The molecule has 2 aromatic rings. The average molecular weight is 354 g/mol. The van der Waals surface area contributed by atoms with E-state index in [2.05, 4.69) is 38.1 Å². The number of hydrogen-bond donors (Lipinski definition) is 1. The van der Waals surface area contributed by atoms with E-state index in [9.17, 15) is 4.39 Å². The number of ether oxygens (including phenoxy) is 1. The molecule has 0 saturated carbocycles. The Morgan fingerprint density at radius 2 is 2.10 bits per heavy atom. The lowest BCUT2D eigenvalue weighted by Crippen LogP contribution is -2.06. The Kier molecular flexibility index (Phi) is 5.50. The SMILES string of the molecule is CCCc1c(NCC)ncnc1Oc1ccc(Br)cc1F. The smallest absolute Gasteiger partial charge is 0.227 e. The van der Waals surface area contributed by atoms with Gasteiger partial charge in [0, 0.05) is 11.0 Å². The van der Waals surface area contributed by atoms with Gasteiger partial charge in [0.2, 0.25) is 5.88 Å². The van der Waals surface area contributed by atoms with Crippen LogP contribution in [-0.2, 0) is 6.42 Å². The third-order valence-electron chi connectivity index (χ3n) is 2.85. The number of aromatic nitrogens is 2. The fourth-order valence-electron chi connectivity index (χ4n) is 1.94. The van der Waals surface area contributed by atoms with Crippen molar-refractivity contribution in [3.05, 3.63) is 40.4 Å². The molecule has 0 aliphatic carbocycles. The first-order valence-corrected chi connectivity index (χ1v) is 7.65. The standard InChI is InChI=1S/C15H17BrFN3O/c1-3-5-11-14(18-4-2)19-9-20-15(11)21-13-7-6-10(16)8-12(13)17/h6-9H,3-5H2,1-2H3,(H,18,19,20). The Labute approximate surface area is 131 Å². The fraction of sp³-hybridized carbons (Fsp3) is 0.333. The van der Waals surface area contributed by atoms with Crippen molar-refractivity contribution in [1.29, 1.82) is 0 Å². The molecule has 0 aliphatic heterocycles. The van der Waals surface area contributed by atoms with Gasteiger partial charge in [-0.05, 0) is 31.5 Å². The molecule has 112 valence electrons. The summed E-state index contributed by atoms with van der Waals surface area (Å²) in [6, 6.07) is 4.66. The molecule has 0 radical (unpaired) electrons. The highest BCUT2D eigenvalue weighted by Gasteiger charge is 2.14. The van der Waals surface area contributed by atoms with Crippen molar-refractivity contribution in [3.8, 4) is 11.6 Å². The van der Waals surface area contributed by atoms with Crippen molar-refractivity contribution in [2.45, 2.75) is 26.7 Å². The van der Waals surface area contributed by atoms with Crippen LogP contribution in [0.4, 0.5) is 10.2 Å². The van der Waals surface area contributed by atoms with Gasteiger partial charge in [0.1, 0.15) is 12.1 Å². The van der Waals surface area contributed by atoms with Gasteiger partial charge >= 0.3 is 0 Å². The third kappa shape index (κ3) is 3.91. The molecular formula is C15H17BrFN3O. The van der Waals surface area contributed by atoms with E-state index in [1.807, 2.05) is 6.92 Å². The second kappa shape index (κ2) is 7.36. The summed E-state index contributed by atoms with van der Waals surface area (Å²) in [6.45, 7) is 4.80. The topological polar surface area (TPSA) is 47.0 Å². The minimum atomic E-state index is -0.435. The van der Waals surface area contributed by atoms with Gasteiger partial charge in [-0.3, -0.25) is 0 Å². The van der Waals surface area contributed by atoms with Crippen molar-refractivity contribution >= 4 is 21.7 Å². The van der Waals surface area contributed by atoms with Crippen LogP contribution in [0.25, 0.3) is 0 Å². The van der Waals surface area contributed by atoms with Crippen molar-refractivity contribution in [1.82, 2.24) is 9.97 Å². The molecule has 4 nitrogen and oxygen atoms in total. The van der Waals surface area contributed by atoms with Gasteiger partial charge in [0.25, 0.3) is 0 Å². The van der Waals surface area contributed by atoms with Crippen LogP contribution >= 0.6 is 15.9 Å². The first-order valence-electron chi connectivity index (χ1n) is 6.86. The number of hydrogen-bond acceptors (Lipinski definition) is 4. The molecule has 0 fully saturated rings. The summed E-state index contributed by atoms with van der Waals surface area (Å²) in [5.74, 6) is 0.845. The molecule has 0 bridgehead atoms. The van der Waals surface area contributed by atoms with Crippen LogP contribution < -0.4 is 10.1 Å². The monoisotopic (exact) mass is 353 g/mol. The molecule has 0 amide bonds. The van der Waals surface area contributed by atoms with Gasteiger partial charge in [-0.15, -0.1) is 0 Å². The van der Waals surface area contributed by atoms with E-state index in [1.165, 1.54) is 12.4 Å². The van der Waals surface area contributed by atoms with Crippen LogP contribution in [0.5, 0.6) is 11.6 Å². The minimum Gasteiger partial charge on any atom is -0.435 e. The largest absolute Gasteiger partial charge is 0.435 e. The highest BCUT2D eigenvalue weighted by atomic mass is 79.9. The molecule has 0 unspecified atom stereocenters. The number of nitrogens with one attached hydrogen (secondary N) is 1. The van der Waals surface area contributed by atoms with Crippen molar-refractivity contribution < 1.29 is 9.13 Å². The molecule has 1 aromatic carbocycles. The maximum Gasteiger partial charge on any atom is 0.227 e. The first kappa shape index (κ1) is 15.7. The molecule has 0 atom stereocenters. The van der Waals surface area contributed by atoms with E-state index >= 15 is 0 Å². The van der Waals surface area contributed by atoms with Crippen LogP contribution in [0.1, 0.15) is 25.8 Å². The normalized spacial score (nSPS) is 10.5. The lowest BCUT2D eigenvalue weighted by atomic mass is 10.1. The van der Waals surface area contributed by atoms with E-state index in [4.69, 9.17) is 4.74 Å². The molecule has 6 heteroatoms. The van der Waals surface area contributed by atoms with E-state index in [0.717, 1.165) is 30.8 Å². The second-order valence-electron chi connectivity index (χ2n) is 4.46. The Morgan fingerprint density at radius 1 is 1.29 bits per heavy atom. The van der Waals surface area contributed by atoms with Crippen LogP contribution in [0, 0.1) is 5.82 Å². The van der Waals surface area contributed by atoms with Crippen LogP contribution in [0.3, 0.4) is 0 Å². The zero-order valence-corrected chi connectivity index (χ0v) is 13.6. The van der Waals surface area contributed by atoms with Gasteiger partial charge in [0.15, 0.2) is 11.6 Å². The maximum absolute atomic E-state index is 13.9. The Hall–Kier alpha value is -1.69. The van der Waals surface area contributed by atoms with Crippen molar-refractivity contribution in [2.24, 2.45) is 0 Å². The van der Waals surface area contributed by atoms with Gasteiger partial charge in [0.05, 0.1) is 5.56 Å². The number of nitrogens with zero attached hydrogens (tertiary/aromatic N) is 2. The lowest BCUT2D eigenvalue weighted by molar-refractivity contribution is 0.421. The predicted octanol–water partition coefficient (Wildman–Crippen LogP) is 4.55. The van der Waals surface area contributed by atoms with E-state index in [-0.39, 0.29) is 5.75 Å². The Bertz CT molecular complexity index is 622. The first-order chi connectivity index (χ1) is 10.2. The van der Waals surface area contributed by atoms with Gasteiger partial charge in [-0.25, -0.2) is 14.4 Å². The highest BCUT2D eigenvalue weighted by Crippen LogP contribution is 2.30.